The molecule has 30 heavy (non-hydrogen) atoms. The van der Waals surface area contributed by atoms with Gasteiger partial charge in [-0.3, -0.25) is 9.78 Å². The fraction of sp³-hybridized carbons (Fsp3) is 0.174. The molecule has 2 aromatic carbocycles. The third-order valence-corrected chi connectivity index (χ3v) is 4.62. The number of carbonyl (C=O) groups excluding carboxylic acids is 2. The molecule has 1 unspecified atom stereocenters. The lowest BCUT2D eigenvalue weighted by molar-refractivity contribution is 0.0600. The van der Waals surface area contributed by atoms with Crippen LogP contribution in [0.15, 0.2) is 66.9 Å². The van der Waals surface area contributed by atoms with E-state index < -0.39 is 12.1 Å². The maximum Gasteiger partial charge on any atom is 0.339 e. The van der Waals surface area contributed by atoms with E-state index in [9.17, 15) is 9.59 Å². The molecule has 0 fully saturated rings. The van der Waals surface area contributed by atoms with E-state index in [0.29, 0.717) is 33.9 Å². The van der Waals surface area contributed by atoms with E-state index in [-0.39, 0.29) is 5.91 Å². The van der Waals surface area contributed by atoms with Crippen molar-refractivity contribution < 1.29 is 19.1 Å². The van der Waals surface area contributed by atoms with Gasteiger partial charge in [-0.1, -0.05) is 12.1 Å². The summed E-state index contributed by atoms with van der Waals surface area (Å²) in [7, 11) is 3.01. The standard InChI is InChI=1S/C23H23N3O4/c1-15(19-13-10-17(14-25-19)23(28)29-3)30-21-7-5-4-6-20(21)26(2)22(27)16-8-11-18(24)12-9-16/h4-15H,24H2,1-3H3. The first-order valence-corrected chi connectivity index (χ1v) is 9.34. The van der Waals surface area contributed by atoms with Crippen molar-refractivity contribution in [2.24, 2.45) is 0 Å². The smallest absolute Gasteiger partial charge is 0.339 e. The summed E-state index contributed by atoms with van der Waals surface area (Å²) in [6.07, 6.45) is 1.04. The summed E-state index contributed by atoms with van der Waals surface area (Å²) in [5.74, 6) is -0.0924. The molecule has 2 N–H and O–H groups in total. The molecular formula is C23H23N3O4. The van der Waals surface area contributed by atoms with Crippen LogP contribution in [0.3, 0.4) is 0 Å². The zero-order valence-corrected chi connectivity index (χ0v) is 17.0. The number of nitrogens with zero attached hydrogens (tertiary/aromatic N) is 2. The van der Waals surface area contributed by atoms with Gasteiger partial charge in [0.05, 0.1) is 24.1 Å². The summed E-state index contributed by atoms with van der Waals surface area (Å²) in [4.78, 5) is 30.3. The third kappa shape index (κ3) is 4.57. The van der Waals surface area contributed by atoms with Crippen LogP contribution in [0.4, 0.5) is 11.4 Å². The quantitative estimate of drug-likeness (QED) is 0.494. The monoisotopic (exact) mass is 405 g/mol. The first-order valence-electron chi connectivity index (χ1n) is 9.34. The van der Waals surface area contributed by atoms with Crippen molar-refractivity contribution in [2.75, 3.05) is 24.8 Å². The van der Waals surface area contributed by atoms with E-state index in [0.717, 1.165) is 0 Å². The lowest BCUT2D eigenvalue weighted by Crippen LogP contribution is -2.26. The van der Waals surface area contributed by atoms with E-state index >= 15 is 0 Å². The molecule has 0 radical (unpaired) electrons. The summed E-state index contributed by atoms with van der Waals surface area (Å²) in [5, 5.41) is 0. The summed E-state index contributed by atoms with van der Waals surface area (Å²) < 4.78 is 10.8. The number of nitrogen functional groups attached to an aromatic ring is 1. The second-order valence-corrected chi connectivity index (χ2v) is 6.68. The SMILES string of the molecule is COC(=O)c1ccc(C(C)Oc2ccccc2N(C)C(=O)c2ccc(N)cc2)nc1. The molecule has 0 bridgehead atoms. The Balaban J connectivity index is 1.80. The minimum atomic E-state index is -0.448. The molecule has 1 amide bonds. The van der Waals surface area contributed by atoms with Crippen molar-refractivity contribution in [1.29, 1.82) is 0 Å². The molecule has 0 saturated heterocycles. The van der Waals surface area contributed by atoms with Crippen LogP contribution in [-0.4, -0.2) is 31.0 Å². The van der Waals surface area contributed by atoms with Crippen LogP contribution < -0.4 is 15.4 Å². The summed E-state index contributed by atoms with van der Waals surface area (Å²) in [6.45, 7) is 1.85. The number of amides is 1. The fourth-order valence-corrected chi connectivity index (χ4v) is 2.90. The average molecular weight is 405 g/mol. The molecule has 7 nitrogen and oxygen atoms in total. The maximum atomic E-state index is 12.9. The summed E-state index contributed by atoms with van der Waals surface area (Å²) >= 11 is 0. The van der Waals surface area contributed by atoms with E-state index in [1.807, 2.05) is 25.1 Å². The minimum absolute atomic E-state index is 0.181. The second kappa shape index (κ2) is 9.09. The lowest BCUT2D eigenvalue weighted by Gasteiger charge is -2.23. The Labute approximate surface area is 175 Å². The number of aromatic nitrogens is 1. The third-order valence-electron chi connectivity index (χ3n) is 4.62. The molecule has 3 aromatic rings. The van der Waals surface area contributed by atoms with Crippen LogP contribution in [0, 0.1) is 0 Å². The largest absolute Gasteiger partial charge is 0.482 e. The first-order chi connectivity index (χ1) is 14.4. The van der Waals surface area contributed by atoms with E-state index in [4.69, 9.17) is 10.5 Å². The number of carbonyl (C=O) groups is 2. The van der Waals surface area contributed by atoms with E-state index in [2.05, 4.69) is 9.72 Å². The van der Waals surface area contributed by atoms with Crippen molar-refractivity contribution in [3.05, 3.63) is 83.7 Å². The van der Waals surface area contributed by atoms with Crippen molar-refractivity contribution in [3.63, 3.8) is 0 Å². The molecule has 1 aromatic heterocycles. The number of pyridine rings is 1. The number of benzene rings is 2. The number of rotatable bonds is 6. The number of hydrogen-bond acceptors (Lipinski definition) is 6. The summed E-state index contributed by atoms with van der Waals surface area (Å²) in [6, 6.07) is 17.4. The predicted molar refractivity (Wildman–Crippen MR) is 115 cm³/mol. The van der Waals surface area contributed by atoms with Gasteiger partial charge in [-0.15, -0.1) is 0 Å². The molecule has 3 rings (SSSR count). The molecular weight excluding hydrogens is 382 g/mol. The van der Waals surface area contributed by atoms with Gasteiger partial charge >= 0.3 is 5.97 Å². The second-order valence-electron chi connectivity index (χ2n) is 6.68. The Kier molecular flexibility index (Phi) is 6.32. The molecule has 154 valence electrons. The number of nitrogens with two attached hydrogens (primary N) is 1. The number of hydrogen-bond donors (Lipinski definition) is 1. The van der Waals surface area contributed by atoms with Gasteiger partial charge in [0.2, 0.25) is 0 Å². The van der Waals surface area contributed by atoms with Crippen LogP contribution in [0.5, 0.6) is 5.75 Å². The fourth-order valence-electron chi connectivity index (χ4n) is 2.90. The van der Waals surface area contributed by atoms with Crippen LogP contribution in [0.2, 0.25) is 0 Å². The minimum Gasteiger partial charge on any atom is -0.482 e. The Morgan fingerprint density at radius 3 is 2.30 bits per heavy atom. The predicted octanol–water partition coefficient (Wildman–Crippen LogP) is 3.87. The van der Waals surface area contributed by atoms with Gasteiger partial charge in [-0.05, 0) is 55.5 Å². The van der Waals surface area contributed by atoms with Crippen molar-refractivity contribution in [1.82, 2.24) is 4.98 Å². The highest BCUT2D eigenvalue weighted by Gasteiger charge is 2.19. The molecule has 1 atom stereocenters. The van der Waals surface area contributed by atoms with E-state index in [1.54, 1.807) is 49.5 Å². The maximum absolute atomic E-state index is 12.9. The molecule has 0 spiro atoms. The Bertz CT molecular complexity index is 1030. The van der Waals surface area contributed by atoms with Crippen LogP contribution in [0.1, 0.15) is 39.4 Å². The van der Waals surface area contributed by atoms with Gasteiger partial charge < -0.3 is 20.1 Å². The number of para-hydroxylation sites is 2. The van der Waals surface area contributed by atoms with Crippen LogP contribution in [-0.2, 0) is 4.74 Å². The number of anilines is 2. The van der Waals surface area contributed by atoms with Gasteiger partial charge in [-0.2, -0.15) is 0 Å². The molecule has 1 heterocycles. The van der Waals surface area contributed by atoms with Crippen LogP contribution >= 0.6 is 0 Å². The highest BCUT2D eigenvalue weighted by Crippen LogP contribution is 2.31. The van der Waals surface area contributed by atoms with Gasteiger partial charge in [0.1, 0.15) is 11.9 Å². The Morgan fingerprint density at radius 1 is 1.00 bits per heavy atom. The Hall–Kier alpha value is -3.87. The Morgan fingerprint density at radius 2 is 1.67 bits per heavy atom. The first kappa shape index (κ1) is 20.9. The van der Waals surface area contributed by atoms with E-state index in [1.165, 1.54) is 18.2 Å². The zero-order valence-electron chi connectivity index (χ0n) is 17.0. The number of esters is 1. The van der Waals surface area contributed by atoms with Gasteiger partial charge in [-0.25, -0.2) is 4.79 Å². The van der Waals surface area contributed by atoms with Crippen LogP contribution in [0.25, 0.3) is 0 Å². The van der Waals surface area contributed by atoms with Crippen molar-refractivity contribution >= 4 is 23.3 Å². The zero-order chi connectivity index (χ0) is 21.7. The lowest BCUT2D eigenvalue weighted by atomic mass is 10.1. The van der Waals surface area contributed by atoms with Gasteiger partial charge in [0.25, 0.3) is 5.91 Å². The molecule has 0 aliphatic heterocycles. The number of ether oxygens (including phenoxy) is 2. The molecule has 7 heteroatoms. The molecule has 0 saturated carbocycles. The van der Waals surface area contributed by atoms with Crippen molar-refractivity contribution in [2.45, 2.75) is 13.0 Å². The summed E-state index contributed by atoms with van der Waals surface area (Å²) in [5.41, 5.74) is 8.45. The highest BCUT2D eigenvalue weighted by atomic mass is 16.5. The highest BCUT2D eigenvalue weighted by molar-refractivity contribution is 6.06. The molecule has 0 aliphatic rings. The topological polar surface area (TPSA) is 94.8 Å². The average Bonchev–Trinajstić information content (AvgIpc) is 2.78. The van der Waals surface area contributed by atoms with Gasteiger partial charge in [0.15, 0.2) is 0 Å². The van der Waals surface area contributed by atoms with Crippen molar-refractivity contribution in [3.8, 4) is 5.75 Å². The number of methoxy groups -OCH3 is 1. The van der Waals surface area contributed by atoms with Gasteiger partial charge in [0, 0.05) is 24.5 Å². The molecule has 0 aliphatic carbocycles. The normalized spacial score (nSPS) is 11.4.